The van der Waals surface area contributed by atoms with Crippen molar-refractivity contribution in [2.45, 2.75) is 45.2 Å². The highest BCUT2D eigenvalue weighted by Crippen LogP contribution is 2.32. The molecule has 3 rings (SSSR count). The van der Waals surface area contributed by atoms with Crippen LogP contribution in [-0.4, -0.2) is 16.8 Å². The van der Waals surface area contributed by atoms with E-state index in [1.165, 1.54) is 18.2 Å². The standard InChI is InChI=1S/C21H22ClFN2O2/c1-20(2,3)14-6-8-15(9-7-14)21(4)18(26)25(19(27)24-21)12-13-5-10-16(22)11-17(13)23/h5-11H,12H2,1-4H3,(H,24,27). The van der Waals surface area contributed by atoms with E-state index in [4.69, 9.17) is 11.6 Å². The number of benzene rings is 2. The number of rotatable bonds is 3. The van der Waals surface area contributed by atoms with Crippen molar-refractivity contribution in [3.05, 3.63) is 70.0 Å². The number of hydrogen-bond acceptors (Lipinski definition) is 2. The Hall–Kier alpha value is -2.40. The van der Waals surface area contributed by atoms with Gasteiger partial charge in [0, 0.05) is 10.6 Å². The van der Waals surface area contributed by atoms with Gasteiger partial charge in [-0.15, -0.1) is 0 Å². The number of nitrogens with zero attached hydrogens (tertiary/aromatic N) is 1. The molecule has 2 aromatic carbocycles. The maximum atomic E-state index is 14.1. The van der Waals surface area contributed by atoms with E-state index in [1.807, 2.05) is 24.3 Å². The van der Waals surface area contributed by atoms with Crippen LogP contribution in [-0.2, 0) is 22.3 Å². The van der Waals surface area contributed by atoms with Crippen LogP contribution in [0, 0.1) is 5.82 Å². The third kappa shape index (κ3) is 3.56. The van der Waals surface area contributed by atoms with Gasteiger partial charge >= 0.3 is 6.03 Å². The van der Waals surface area contributed by atoms with E-state index in [0.29, 0.717) is 5.56 Å². The van der Waals surface area contributed by atoms with Gasteiger partial charge in [0.2, 0.25) is 0 Å². The molecule has 2 aromatic rings. The first-order chi connectivity index (χ1) is 12.5. The molecule has 1 fully saturated rings. The summed E-state index contributed by atoms with van der Waals surface area (Å²) in [7, 11) is 0. The number of imide groups is 1. The summed E-state index contributed by atoms with van der Waals surface area (Å²) < 4.78 is 14.1. The number of halogens is 2. The molecule has 1 aliphatic rings. The molecule has 142 valence electrons. The van der Waals surface area contributed by atoms with Crippen molar-refractivity contribution in [3.8, 4) is 0 Å². The first kappa shape index (κ1) is 19.4. The Labute approximate surface area is 163 Å². The monoisotopic (exact) mass is 388 g/mol. The number of urea groups is 1. The van der Waals surface area contributed by atoms with Crippen LogP contribution in [0.2, 0.25) is 5.02 Å². The molecule has 4 nitrogen and oxygen atoms in total. The SMILES string of the molecule is CC(C)(C)c1ccc(C2(C)NC(=O)N(Cc3ccc(Cl)cc3F)C2=O)cc1. The van der Waals surface area contributed by atoms with E-state index >= 15 is 0 Å². The maximum Gasteiger partial charge on any atom is 0.325 e. The second kappa shape index (κ2) is 6.64. The average Bonchev–Trinajstić information content (AvgIpc) is 2.80. The second-order valence-corrected chi connectivity index (χ2v) is 8.45. The van der Waals surface area contributed by atoms with Gasteiger partial charge in [-0.1, -0.05) is 62.7 Å². The molecule has 1 heterocycles. The Morgan fingerprint density at radius 2 is 1.74 bits per heavy atom. The third-order valence-electron chi connectivity index (χ3n) is 4.95. The van der Waals surface area contributed by atoms with Gasteiger partial charge in [-0.3, -0.25) is 9.69 Å². The average molecular weight is 389 g/mol. The van der Waals surface area contributed by atoms with Crippen LogP contribution in [0.15, 0.2) is 42.5 Å². The van der Waals surface area contributed by atoms with Gasteiger partial charge < -0.3 is 5.32 Å². The molecule has 27 heavy (non-hydrogen) atoms. The lowest BCUT2D eigenvalue weighted by atomic mass is 9.84. The number of amides is 3. The fraction of sp³-hybridized carbons (Fsp3) is 0.333. The zero-order valence-corrected chi connectivity index (χ0v) is 16.5. The molecular formula is C21H22ClFN2O2. The van der Waals surface area contributed by atoms with Crippen LogP contribution in [0.25, 0.3) is 0 Å². The van der Waals surface area contributed by atoms with Crippen molar-refractivity contribution >= 4 is 23.5 Å². The summed E-state index contributed by atoms with van der Waals surface area (Å²) in [5.74, 6) is -0.961. The van der Waals surface area contributed by atoms with Crippen LogP contribution in [0.4, 0.5) is 9.18 Å². The van der Waals surface area contributed by atoms with E-state index in [9.17, 15) is 14.0 Å². The summed E-state index contributed by atoms with van der Waals surface area (Å²) in [6.07, 6.45) is 0. The van der Waals surface area contributed by atoms with Crippen molar-refractivity contribution in [1.82, 2.24) is 10.2 Å². The highest BCUT2D eigenvalue weighted by Gasteiger charge is 2.49. The quantitative estimate of drug-likeness (QED) is 0.772. The molecule has 1 atom stereocenters. The summed E-state index contributed by atoms with van der Waals surface area (Å²) >= 11 is 5.76. The minimum absolute atomic E-state index is 0.0134. The molecule has 6 heteroatoms. The summed E-state index contributed by atoms with van der Waals surface area (Å²) in [6, 6.07) is 11.3. The van der Waals surface area contributed by atoms with Gasteiger partial charge in [-0.25, -0.2) is 9.18 Å². The molecule has 1 unspecified atom stereocenters. The highest BCUT2D eigenvalue weighted by molar-refractivity contribution is 6.30. The molecule has 0 saturated carbocycles. The first-order valence-corrected chi connectivity index (χ1v) is 9.09. The number of carbonyl (C=O) groups excluding carboxylic acids is 2. The molecule has 1 N–H and O–H groups in total. The number of nitrogens with one attached hydrogen (secondary N) is 1. The molecule has 0 radical (unpaired) electrons. The van der Waals surface area contributed by atoms with Gasteiger partial charge in [-0.05, 0) is 35.6 Å². The Kier molecular flexibility index (Phi) is 4.76. The predicted octanol–water partition coefficient (Wildman–Crippen LogP) is 4.74. The van der Waals surface area contributed by atoms with Crippen LogP contribution in [0.3, 0.4) is 0 Å². The van der Waals surface area contributed by atoms with Gasteiger partial charge in [0.05, 0.1) is 6.54 Å². The Balaban J connectivity index is 1.88. The zero-order chi connectivity index (χ0) is 20.0. The predicted molar refractivity (Wildman–Crippen MR) is 103 cm³/mol. The summed E-state index contributed by atoms with van der Waals surface area (Å²) in [4.78, 5) is 26.5. The topological polar surface area (TPSA) is 49.4 Å². The van der Waals surface area contributed by atoms with Gasteiger partial charge in [0.15, 0.2) is 0 Å². The lowest BCUT2D eigenvalue weighted by Gasteiger charge is -2.24. The third-order valence-corrected chi connectivity index (χ3v) is 5.18. The normalized spacial score (nSPS) is 20.1. The lowest BCUT2D eigenvalue weighted by Crippen LogP contribution is -2.40. The summed E-state index contributed by atoms with van der Waals surface area (Å²) in [6.45, 7) is 7.83. The van der Waals surface area contributed by atoms with Crippen LogP contribution < -0.4 is 5.32 Å². The summed E-state index contributed by atoms with van der Waals surface area (Å²) in [5.41, 5.74) is 0.853. The molecule has 3 amide bonds. The molecule has 0 aliphatic carbocycles. The highest BCUT2D eigenvalue weighted by atomic mass is 35.5. The molecule has 1 saturated heterocycles. The van der Waals surface area contributed by atoms with Crippen molar-refractivity contribution < 1.29 is 14.0 Å². The second-order valence-electron chi connectivity index (χ2n) is 8.01. The maximum absolute atomic E-state index is 14.1. The van der Waals surface area contributed by atoms with Gasteiger partial charge in [-0.2, -0.15) is 0 Å². The van der Waals surface area contributed by atoms with Crippen LogP contribution in [0.1, 0.15) is 44.4 Å². The molecular weight excluding hydrogens is 367 g/mol. The van der Waals surface area contributed by atoms with Gasteiger partial charge in [0.25, 0.3) is 5.91 Å². The van der Waals surface area contributed by atoms with Crippen molar-refractivity contribution in [3.63, 3.8) is 0 Å². The minimum atomic E-state index is -1.18. The fourth-order valence-corrected chi connectivity index (χ4v) is 3.32. The molecule has 0 bridgehead atoms. The van der Waals surface area contributed by atoms with E-state index in [1.54, 1.807) is 6.92 Å². The Bertz CT molecular complexity index is 905. The fourth-order valence-electron chi connectivity index (χ4n) is 3.16. The van der Waals surface area contributed by atoms with Crippen molar-refractivity contribution in [2.75, 3.05) is 0 Å². The van der Waals surface area contributed by atoms with E-state index in [-0.39, 0.29) is 22.5 Å². The molecule has 0 aromatic heterocycles. The lowest BCUT2D eigenvalue weighted by molar-refractivity contribution is -0.131. The Morgan fingerprint density at radius 1 is 1.11 bits per heavy atom. The number of hydrogen-bond donors (Lipinski definition) is 1. The first-order valence-electron chi connectivity index (χ1n) is 8.71. The Morgan fingerprint density at radius 3 is 2.30 bits per heavy atom. The van der Waals surface area contributed by atoms with E-state index < -0.39 is 23.3 Å². The smallest absolute Gasteiger partial charge is 0.319 e. The molecule has 0 spiro atoms. The minimum Gasteiger partial charge on any atom is -0.319 e. The van der Waals surface area contributed by atoms with Gasteiger partial charge in [0.1, 0.15) is 11.4 Å². The van der Waals surface area contributed by atoms with E-state index in [2.05, 4.69) is 26.1 Å². The number of carbonyl (C=O) groups is 2. The van der Waals surface area contributed by atoms with Crippen LogP contribution in [0.5, 0.6) is 0 Å². The van der Waals surface area contributed by atoms with Crippen molar-refractivity contribution in [2.24, 2.45) is 0 Å². The van der Waals surface area contributed by atoms with Crippen molar-refractivity contribution in [1.29, 1.82) is 0 Å². The van der Waals surface area contributed by atoms with E-state index in [0.717, 1.165) is 10.5 Å². The largest absolute Gasteiger partial charge is 0.325 e. The summed E-state index contributed by atoms with van der Waals surface area (Å²) in [5, 5.41) is 3.01. The zero-order valence-electron chi connectivity index (χ0n) is 15.8. The molecule has 1 aliphatic heterocycles. The van der Waals surface area contributed by atoms with Crippen LogP contribution >= 0.6 is 11.6 Å².